The fourth-order valence-electron chi connectivity index (χ4n) is 5.06. The molecule has 1 saturated heterocycles. The van der Waals surface area contributed by atoms with Crippen molar-refractivity contribution in [1.29, 1.82) is 0 Å². The van der Waals surface area contributed by atoms with Gasteiger partial charge in [0.2, 0.25) is 15.9 Å². The number of hydrogen-bond acceptors (Lipinski definition) is 4. The molecule has 0 unspecified atom stereocenters. The van der Waals surface area contributed by atoms with E-state index in [1.165, 1.54) is 12.8 Å². The van der Waals surface area contributed by atoms with E-state index in [-0.39, 0.29) is 16.2 Å². The second-order valence-corrected chi connectivity index (χ2v) is 10.8. The van der Waals surface area contributed by atoms with Crippen LogP contribution in [0, 0.1) is 11.3 Å². The molecule has 7 heteroatoms. The van der Waals surface area contributed by atoms with Gasteiger partial charge in [0.1, 0.15) is 10.6 Å². The van der Waals surface area contributed by atoms with Gasteiger partial charge >= 0.3 is 0 Å². The molecule has 1 saturated carbocycles. The van der Waals surface area contributed by atoms with Crippen LogP contribution in [0.1, 0.15) is 51.9 Å². The van der Waals surface area contributed by atoms with Gasteiger partial charge in [-0.15, -0.1) is 0 Å². The molecule has 0 bridgehead atoms. The zero-order valence-electron chi connectivity index (χ0n) is 17.3. The smallest absolute Gasteiger partial charge is 0.246 e. The molecule has 2 fully saturated rings. The van der Waals surface area contributed by atoms with Gasteiger partial charge in [0.05, 0.1) is 6.61 Å². The van der Waals surface area contributed by atoms with Crippen LogP contribution in [0.4, 0.5) is 0 Å². The van der Waals surface area contributed by atoms with Crippen LogP contribution in [0.25, 0.3) is 0 Å². The Morgan fingerprint density at radius 1 is 1.17 bits per heavy atom. The summed E-state index contributed by atoms with van der Waals surface area (Å²) in [4.78, 5) is 14.3. The summed E-state index contributed by atoms with van der Waals surface area (Å²) in [5.41, 5.74) is -0.246. The molecule has 3 aliphatic rings. The van der Waals surface area contributed by atoms with Crippen molar-refractivity contribution >= 4 is 15.9 Å². The number of carbonyl (C=O) groups is 1. The molecule has 1 aliphatic carbocycles. The number of sulfonamides is 1. The Balaban J connectivity index is 1.64. The highest BCUT2D eigenvalue weighted by molar-refractivity contribution is 7.89. The number of likely N-dealkylation sites (tertiary alicyclic amines) is 1. The van der Waals surface area contributed by atoms with Crippen LogP contribution in [-0.2, 0) is 14.8 Å². The van der Waals surface area contributed by atoms with E-state index >= 15 is 0 Å². The van der Waals surface area contributed by atoms with Gasteiger partial charge < -0.3 is 9.64 Å². The molecule has 2 aliphatic heterocycles. The molecule has 29 heavy (non-hydrogen) atoms. The zero-order valence-corrected chi connectivity index (χ0v) is 18.1. The van der Waals surface area contributed by atoms with Crippen molar-refractivity contribution in [2.45, 2.75) is 56.8 Å². The van der Waals surface area contributed by atoms with E-state index in [0.717, 1.165) is 25.7 Å². The lowest BCUT2D eigenvalue weighted by Crippen LogP contribution is -2.53. The lowest BCUT2D eigenvalue weighted by Gasteiger charge is -2.45. The summed E-state index contributed by atoms with van der Waals surface area (Å²) in [6, 6.07) is 7.01. The lowest BCUT2D eigenvalue weighted by molar-refractivity contribution is -0.133. The summed E-state index contributed by atoms with van der Waals surface area (Å²) in [5.74, 6) is 1.07. The third kappa shape index (κ3) is 4.17. The Labute approximate surface area is 174 Å². The first-order valence-electron chi connectivity index (χ1n) is 10.9. The topological polar surface area (TPSA) is 66.9 Å². The molecule has 2 heterocycles. The summed E-state index contributed by atoms with van der Waals surface area (Å²) in [6.45, 7) is 4.81. The predicted octanol–water partition coefficient (Wildman–Crippen LogP) is 3.28. The SMILES string of the molecule is CCC(=O)N1CCC2(CC1)COc1ccccc1S(=O)(=O)N(CC1CCCC1)C2. The normalized spacial score (nSPS) is 24.5. The maximum absolute atomic E-state index is 13.6. The number of hydrogen-bond donors (Lipinski definition) is 0. The summed E-state index contributed by atoms with van der Waals surface area (Å²) >= 11 is 0. The Kier molecular flexibility index (Phi) is 5.89. The summed E-state index contributed by atoms with van der Waals surface area (Å²) in [6.07, 6.45) is 6.66. The zero-order chi connectivity index (χ0) is 20.5. The van der Waals surface area contributed by atoms with Gasteiger partial charge in [-0.05, 0) is 43.7 Å². The highest BCUT2D eigenvalue weighted by Gasteiger charge is 2.44. The van der Waals surface area contributed by atoms with Gasteiger partial charge in [0.25, 0.3) is 0 Å². The molecule has 1 aromatic rings. The van der Waals surface area contributed by atoms with Crippen molar-refractivity contribution in [1.82, 2.24) is 9.21 Å². The molecule has 0 radical (unpaired) electrons. The van der Waals surface area contributed by atoms with Gasteiger partial charge in [0, 0.05) is 38.0 Å². The van der Waals surface area contributed by atoms with Crippen LogP contribution in [0.15, 0.2) is 29.2 Å². The highest BCUT2D eigenvalue weighted by atomic mass is 32.2. The Hall–Kier alpha value is -1.60. The van der Waals surface area contributed by atoms with E-state index in [2.05, 4.69) is 0 Å². The molecular weight excluding hydrogens is 388 g/mol. The van der Waals surface area contributed by atoms with Gasteiger partial charge in [-0.25, -0.2) is 8.42 Å². The van der Waals surface area contributed by atoms with Crippen molar-refractivity contribution in [3.8, 4) is 5.75 Å². The molecule has 1 amide bonds. The van der Waals surface area contributed by atoms with E-state index in [4.69, 9.17) is 4.74 Å². The van der Waals surface area contributed by atoms with Gasteiger partial charge in [-0.1, -0.05) is 31.9 Å². The van der Waals surface area contributed by atoms with Crippen molar-refractivity contribution in [3.05, 3.63) is 24.3 Å². The molecule has 4 rings (SSSR count). The van der Waals surface area contributed by atoms with E-state index in [1.54, 1.807) is 22.5 Å². The second kappa shape index (κ2) is 8.26. The van der Waals surface area contributed by atoms with Crippen molar-refractivity contribution in [2.75, 3.05) is 32.8 Å². The number of carbonyl (C=O) groups excluding carboxylic acids is 1. The molecule has 0 aromatic heterocycles. The average Bonchev–Trinajstić information content (AvgIpc) is 3.24. The first kappa shape index (κ1) is 20.7. The third-order valence-electron chi connectivity index (χ3n) is 6.93. The van der Waals surface area contributed by atoms with Gasteiger partial charge in [-0.3, -0.25) is 4.79 Å². The average molecular weight is 421 g/mol. The van der Waals surface area contributed by atoms with Crippen molar-refractivity contribution in [2.24, 2.45) is 11.3 Å². The first-order chi connectivity index (χ1) is 13.9. The Morgan fingerprint density at radius 2 is 1.86 bits per heavy atom. The molecule has 0 N–H and O–H groups in total. The van der Waals surface area contributed by atoms with Crippen molar-refractivity contribution < 1.29 is 17.9 Å². The monoisotopic (exact) mass is 420 g/mol. The van der Waals surface area contributed by atoms with E-state index in [0.29, 0.717) is 50.9 Å². The Morgan fingerprint density at radius 3 is 2.55 bits per heavy atom. The molecular formula is C22H32N2O4S. The number of piperidine rings is 1. The number of fused-ring (bicyclic) bond motifs is 1. The van der Waals surface area contributed by atoms with Crippen LogP contribution in [0.3, 0.4) is 0 Å². The highest BCUT2D eigenvalue weighted by Crippen LogP contribution is 2.40. The fourth-order valence-corrected chi connectivity index (χ4v) is 6.82. The minimum absolute atomic E-state index is 0.174. The largest absolute Gasteiger partial charge is 0.492 e. The minimum Gasteiger partial charge on any atom is -0.492 e. The number of amides is 1. The van der Waals surface area contributed by atoms with Crippen LogP contribution in [0.2, 0.25) is 0 Å². The van der Waals surface area contributed by atoms with Gasteiger partial charge in [-0.2, -0.15) is 4.31 Å². The molecule has 160 valence electrons. The number of benzene rings is 1. The predicted molar refractivity (Wildman–Crippen MR) is 111 cm³/mol. The van der Waals surface area contributed by atoms with Crippen LogP contribution in [-0.4, -0.2) is 56.3 Å². The van der Waals surface area contributed by atoms with Crippen LogP contribution >= 0.6 is 0 Å². The van der Waals surface area contributed by atoms with E-state index < -0.39 is 10.0 Å². The lowest BCUT2D eigenvalue weighted by atomic mass is 9.78. The van der Waals surface area contributed by atoms with Crippen molar-refractivity contribution in [3.63, 3.8) is 0 Å². The molecule has 6 nitrogen and oxygen atoms in total. The number of rotatable bonds is 3. The van der Waals surface area contributed by atoms with Crippen LogP contribution in [0.5, 0.6) is 5.75 Å². The van der Waals surface area contributed by atoms with E-state index in [1.807, 2.05) is 17.9 Å². The maximum Gasteiger partial charge on any atom is 0.246 e. The van der Waals surface area contributed by atoms with E-state index in [9.17, 15) is 13.2 Å². The number of para-hydroxylation sites is 1. The maximum atomic E-state index is 13.6. The first-order valence-corrected chi connectivity index (χ1v) is 12.4. The third-order valence-corrected chi connectivity index (χ3v) is 8.78. The summed E-state index contributed by atoms with van der Waals surface area (Å²) in [7, 11) is -3.61. The summed E-state index contributed by atoms with van der Waals surface area (Å²) < 4.78 is 35.0. The Bertz CT molecular complexity index is 840. The fraction of sp³-hybridized carbons (Fsp3) is 0.682. The van der Waals surface area contributed by atoms with Crippen LogP contribution < -0.4 is 4.74 Å². The molecule has 1 spiro atoms. The second-order valence-electron chi connectivity index (χ2n) is 8.92. The quantitative estimate of drug-likeness (QED) is 0.753. The molecule has 1 aromatic carbocycles. The number of nitrogens with zero attached hydrogens (tertiary/aromatic N) is 2. The standard InChI is InChI=1S/C22H32N2O4S/c1-2-21(25)23-13-11-22(12-14-23)16-24(15-18-7-3-4-8-18)29(26,27)20-10-6-5-9-19(20)28-17-22/h5-6,9-10,18H,2-4,7-8,11-17H2,1H3. The molecule has 0 atom stereocenters. The number of ether oxygens (including phenoxy) is 1. The van der Waals surface area contributed by atoms with Gasteiger partial charge in [0.15, 0.2) is 0 Å². The minimum atomic E-state index is -3.61. The summed E-state index contributed by atoms with van der Waals surface area (Å²) in [5, 5.41) is 0.